The molecule has 1 aliphatic rings. The molecule has 34 heavy (non-hydrogen) atoms. The smallest absolute Gasteiger partial charge is 0.283 e. The Labute approximate surface area is 196 Å². The van der Waals surface area contributed by atoms with Crippen LogP contribution in [-0.4, -0.2) is 45.1 Å². The summed E-state index contributed by atoms with van der Waals surface area (Å²) in [6, 6.07) is 3.57. The Balaban J connectivity index is 2.13. The molecule has 0 aliphatic carbocycles. The Morgan fingerprint density at radius 3 is 2.82 bits per heavy atom. The first kappa shape index (κ1) is 23.7. The number of rotatable bonds is 5. The van der Waals surface area contributed by atoms with Gasteiger partial charge in [0.25, 0.3) is 6.43 Å². The van der Waals surface area contributed by atoms with Gasteiger partial charge in [-0.3, -0.25) is 4.99 Å². The van der Waals surface area contributed by atoms with Crippen molar-refractivity contribution in [2.45, 2.75) is 25.5 Å². The number of anilines is 1. The van der Waals surface area contributed by atoms with Crippen LogP contribution in [0.15, 0.2) is 29.9 Å². The fourth-order valence-electron chi connectivity index (χ4n) is 3.61. The van der Waals surface area contributed by atoms with Crippen LogP contribution in [-0.2, 0) is 4.74 Å². The Bertz CT molecular complexity index is 1450. The predicted molar refractivity (Wildman–Crippen MR) is 118 cm³/mol. The molecule has 2 aromatic heterocycles. The summed E-state index contributed by atoms with van der Waals surface area (Å²) in [7, 11) is 0. The average Bonchev–Trinajstić information content (AvgIpc) is 3.36. The lowest BCUT2D eigenvalue weighted by atomic mass is 10.1. The first-order chi connectivity index (χ1) is 16.2. The molecule has 12 heteroatoms. The molecule has 0 saturated carbocycles. The van der Waals surface area contributed by atoms with Gasteiger partial charge in [-0.05, 0) is 31.3 Å². The summed E-state index contributed by atoms with van der Waals surface area (Å²) in [5.41, 5.74) is -0.0906. The van der Waals surface area contributed by atoms with Gasteiger partial charge in [0.1, 0.15) is 35.3 Å². The second-order valence-corrected chi connectivity index (χ2v) is 7.90. The Hall–Kier alpha value is -3.46. The number of fused-ring (bicyclic) bond motifs is 1. The van der Waals surface area contributed by atoms with E-state index < -0.39 is 30.1 Å². The van der Waals surface area contributed by atoms with E-state index in [2.05, 4.69) is 27.0 Å². The summed E-state index contributed by atoms with van der Waals surface area (Å²) in [5.74, 6) is -0.682. The minimum absolute atomic E-state index is 0.0559. The number of benzene rings is 1. The number of hydrogen-bond donors (Lipinski definition) is 2. The van der Waals surface area contributed by atoms with Crippen LogP contribution >= 0.6 is 11.6 Å². The number of halogens is 4. The van der Waals surface area contributed by atoms with Gasteiger partial charge in [0.15, 0.2) is 11.1 Å². The molecular formula is C22H18ClF3N6O2. The summed E-state index contributed by atoms with van der Waals surface area (Å²) in [5, 5.41) is 26.7. The van der Waals surface area contributed by atoms with E-state index in [-0.39, 0.29) is 34.9 Å². The SMILES string of the molecule is C=CNc1cc(Cl)c(F)cc1/C=c1\c(C)nc2c(C#N)c(C(F)F)nn2c1=NC1COC[C@@H]1O. The number of nitrogens with one attached hydrogen (secondary N) is 1. The summed E-state index contributed by atoms with van der Waals surface area (Å²) in [6.07, 6.45) is -1.04. The molecule has 0 bridgehead atoms. The maximum atomic E-state index is 14.3. The van der Waals surface area contributed by atoms with Crippen LogP contribution in [0.25, 0.3) is 11.7 Å². The molecule has 4 rings (SSSR count). The molecule has 0 radical (unpaired) electrons. The van der Waals surface area contributed by atoms with Gasteiger partial charge in [0, 0.05) is 16.5 Å². The maximum Gasteiger partial charge on any atom is 0.283 e. The Morgan fingerprint density at radius 2 is 2.21 bits per heavy atom. The molecule has 1 saturated heterocycles. The largest absolute Gasteiger partial charge is 0.388 e. The van der Waals surface area contributed by atoms with Crippen LogP contribution in [0.3, 0.4) is 0 Å². The van der Waals surface area contributed by atoms with Crippen molar-refractivity contribution in [3.63, 3.8) is 0 Å². The first-order valence-corrected chi connectivity index (χ1v) is 10.4. The van der Waals surface area contributed by atoms with Crippen LogP contribution in [0, 0.1) is 24.1 Å². The zero-order chi connectivity index (χ0) is 24.6. The third kappa shape index (κ3) is 4.23. The van der Waals surface area contributed by atoms with Gasteiger partial charge in [-0.25, -0.2) is 18.2 Å². The second kappa shape index (κ2) is 9.42. The lowest BCUT2D eigenvalue weighted by molar-refractivity contribution is 0.124. The van der Waals surface area contributed by atoms with Gasteiger partial charge in [-0.2, -0.15) is 14.9 Å². The van der Waals surface area contributed by atoms with E-state index in [4.69, 9.17) is 16.3 Å². The van der Waals surface area contributed by atoms with Crippen molar-refractivity contribution < 1.29 is 23.0 Å². The number of aryl methyl sites for hydroxylation is 1. The summed E-state index contributed by atoms with van der Waals surface area (Å²) in [4.78, 5) is 8.84. The summed E-state index contributed by atoms with van der Waals surface area (Å²) < 4.78 is 47.8. The lowest BCUT2D eigenvalue weighted by Gasteiger charge is -2.10. The summed E-state index contributed by atoms with van der Waals surface area (Å²) in [6.45, 7) is 5.34. The fraction of sp³-hybridized carbons (Fsp3) is 0.273. The van der Waals surface area contributed by atoms with Gasteiger partial charge in [0.05, 0.1) is 23.9 Å². The van der Waals surface area contributed by atoms with E-state index in [0.717, 1.165) is 4.52 Å². The van der Waals surface area contributed by atoms with Crippen LogP contribution in [0.5, 0.6) is 0 Å². The lowest BCUT2D eigenvalue weighted by Crippen LogP contribution is -2.39. The van der Waals surface area contributed by atoms with E-state index in [0.29, 0.717) is 22.2 Å². The highest BCUT2D eigenvalue weighted by Gasteiger charge is 2.27. The molecule has 1 fully saturated rings. The molecule has 8 nitrogen and oxygen atoms in total. The number of aliphatic hydroxyl groups is 1. The third-order valence-electron chi connectivity index (χ3n) is 5.27. The van der Waals surface area contributed by atoms with Crippen molar-refractivity contribution in [3.05, 3.63) is 69.0 Å². The quantitative estimate of drug-likeness (QED) is 0.568. The van der Waals surface area contributed by atoms with Crippen LogP contribution in [0.2, 0.25) is 5.02 Å². The number of hydrogen-bond acceptors (Lipinski definition) is 7. The summed E-state index contributed by atoms with van der Waals surface area (Å²) >= 11 is 5.91. The molecule has 176 valence electrons. The number of aliphatic hydroxyl groups excluding tert-OH is 1. The highest BCUT2D eigenvalue weighted by Crippen LogP contribution is 2.26. The first-order valence-electron chi connectivity index (χ1n) is 10.0. The number of nitriles is 1. The third-order valence-corrected chi connectivity index (χ3v) is 5.56. The number of alkyl halides is 2. The molecular weight excluding hydrogens is 473 g/mol. The molecule has 0 amide bonds. The minimum Gasteiger partial charge on any atom is -0.388 e. The molecule has 1 aliphatic heterocycles. The van der Waals surface area contributed by atoms with Crippen molar-refractivity contribution in [1.82, 2.24) is 14.6 Å². The number of ether oxygens (including phenoxy) is 1. The highest BCUT2D eigenvalue weighted by molar-refractivity contribution is 6.31. The molecule has 0 spiro atoms. The van der Waals surface area contributed by atoms with Crippen LogP contribution < -0.4 is 16.0 Å². The molecule has 3 aromatic rings. The molecule has 2 atom stereocenters. The van der Waals surface area contributed by atoms with Crippen molar-refractivity contribution in [3.8, 4) is 6.07 Å². The molecule has 3 heterocycles. The topological polar surface area (TPSA) is 108 Å². The predicted octanol–water partition coefficient (Wildman–Crippen LogP) is 2.40. The van der Waals surface area contributed by atoms with E-state index in [1.165, 1.54) is 24.4 Å². The van der Waals surface area contributed by atoms with Crippen LogP contribution in [0.1, 0.15) is 28.9 Å². The van der Waals surface area contributed by atoms with E-state index in [1.807, 2.05) is 0 Å². The van der Waals surface area contributed by atoms with Gasteiger partial charge >= 0.3 is 0 Å². The Morgan fingerprint density at radius 1 is 1.44 bits per heavy atom. The molecule has 1 aromatic carbocycles. The van der Waals surface area contributed by atoms with Crippen molar-refractivity contribution >= 4 is 29.0 Å². The number of aromatic nitrogens is 3. The standard InChI is InChI=1S/C22H18ClF3N6O2/c1-3-28-16-6-14(23)15(24)5-11(16)4-12-10(2)29-22-13(7-27)19(20(25)26)31-32(22)21(12)30-17-8-34-9-18(17)33/h3-6,17-18,20,28,33H,1,8-9H2,2H3/b12-4+,30-21?/t17?,18-/m0/s1. The van der Waals surface area contributed by atoms with Crippen LogP contribution in [0.4, 0.5) is 18.9 Å². The minimum atomic E-state index is -3.02. The second-order valence-electron chi connectivity index (χ2n) is 7.49. The van der Waals surface area contributed by atoms with Gasteiger partial charge in [-0.15, -0.1) is 0 Å². The van der Waals surface area contributed by atoms with Gasteiger partial charge in [-0.1, -0.05) is 18.2 Å². The van der Waals surface area contributed by atoms with Crippen molar-refractivity contribution in [2.75, 3.05) is 18.5 Å². The van der Waals surface area contributed by atoms with E-state index in [1.54, 1.807) is 13.0 Å². The van der Waals surface area contributed by atoms with Crippen molar-refractivity contribution in [1.29, 1.82) is 5.26 Å². The number of nitrogens with zero attached hydrogens (tertiary/aromatic N) is 5. The maximum absolute atomic E-state index is 14.3. The fourth-order valence-corrected chi connectivity index (χ4v) is 3.77. The monoisotopic (exact) mass is 490 g/mol. The van der Waals surface area contributed by atoms with Crippen molar-refractivity contribution in [2.24, 2.45) is 4.99 Å². The molecule has 2 N–H and O–H groups in total. The van der Waals surface area contributed by atoms with Gasteiger partial charge < -0.3 is 15.2 Å². The zero-order valence-electron chi connectivity index (χ0n) is 17.8. The van der Waals surface area contributed by atoms with E-state index in [9.17, 15) is 23.5 Å². The molecule has 1 unspecified atom stereocenters. The normalized spacial score (nSPS) is 19.2. The van der Waals surface area contributed by atoms with E-state index >= 15 is 0 Å². The average molecular weight is 491 g/mol. The zero-order valence-corrected chi connectivity index (χ0v) is 18.5. The van der Waals surface area contributed by atoms with Gasteiger partial charge in [0.2, 0.25) is 0 Å². The Kier molecular flexibility index (Phi) is 6.56. The highest BCUT2D eigenvalue weighted by atomic mass is 35.5.